The number of piperazine rings is 1. The van der Waals surface area contributed by atoms with Gasteiger partial charge in [0.25, 0.3) is 11.8 Å². The number of nitrogens with one attached hydrogen (secondary N) is 2. The van der Waals surface area contributed by atoms with E-state index in [0.717, 1.165) is 16.8 Å². The molecule has 4 aromatic rings. The molecule has 1 saturated heterocycles. The number of benzene rings is 3. The van der Waals surface area contributed by atoms with Crippen LogP contribution >= 0.6 is 0 Å². The van der Waals surface area contributed by atoms with Crippen LogP contribution in [0.3, 0.4) is 0 Å². The first-order valence-corrected chi connectivity index (χ1v) is 13.4. The summed E-state index contributed by atoms with van der Waals surface area (Å²) in [6.45, 7) is 5.19. The van der Waals surface area contributed by atoms with E-state index >= 15 is 0 Å². The lowest BCUT2D eigenvalue weighted by molar-refractivity contribution is 0.0724. The first-order chi connectivity index (χ1) is 19.1. The molecular formula is C31H33N5O3. The molecule has 8 heteroatoms. The number of carbonyl (C=O) groups is 2. The van der Waals surface area contributed by atoms with E-state index < -0.39 is 0 Å². The van der Waals surface area contributed by atoms with Gasteiger partial charge in [-0.1, -0.05) is 66.7 Å². The van der Waals surface area contributed by atoms with E-state index in [-0.39, 0.29) is 17.5 Å². The van der Waals surface area contributed by atoms with Gasteiger partial charge in [-0.15, -0.1) is 0 Å². The average molecular weight is 524 g/mol. The van der Waals surface area contributed by atoms with Gasteiger partial charge in [0.05, 0.1) is 11.4 Å². The number of carbonyl (C=O) groups excluding carboxylic acids is 2. The summed E-state index contributed by atoms with van der Waals surface area (Å²) >= 11 is 0. The van der Waals surface area contributed by atoms with Crippen LogP contribution in [0.15, 0.2) is 89.7 Å². The molecular weight excluding hydrogens is 490 g/mol. The zero-order valence-electron chi connectivity index (χ0n) is 22.1. The Kier molecular flexibility index (Phi) is 8.03. The van der Waals surface area contributed by atoms with Crippen molar-refractivity contribution in [2.24, 2.45) is 0 Å². The summed E-state index contributed by atoms with van der Waals surface area (Å²) in [4.78, 5) is 42.5. The molecule has 39 heavy (non-hydrogen) atoms. The number of imidazole rings is 1. The molecule has 3 aromatic carbocycles. The summed E-state index contributed by atoms with van der Waals surface area (Å²) in [7, 11) is 0. The Labute approximate surface area is 227 Å². The van der Waals surface area contributed by atoms with E-state index in [2.05, 4.69) is 10.6 Å². The van der Waals surface area contributed by atoms with E-state index in [1.165, 1.54) is 0 Å². The van der Waals surface area contributed by atoms with E-state index in [4.69, 9.17) is 0 Å². The minimum atomic E-state index is -0.268. The molecule has 5 rings (SSSR count). The SMILES string of the molecule is Cc1ccccc1-n1c(-c2ccccc2)c(C(=O)N2CCNCC2)n(CCCNC(=O)c2ccccc2)c1=O. The van der Waals surface area contributed by atoms with Gasteiger partial charge in [0.1, 0.15) is 5.69 Å². The van der Waals surface area contributed by atoms with Crippen LogP contribution in [0.2, 0.25) is 0 Å². The minimum Gasteiger partial charge on any atom is -0.352 e. The number of aromatic nitrogens is 2. The highest BCUT2D eigenvalue weighted by Crippen LogP contribution is 2.29. The summed E-state index contributed by atoms with van der Waals surface area (Å²) in [5, 5.41) is 6.22. The van der Waals surface area contributed by atoms with Gasteiger partial charge < -0.3 is 15.5 Å². The Balaban J connectivity index is 1.56. The smallest absolute Gasteiger partial charge is 0.333 e. The van der Waals surface area contributed by atoms with Crippen LogP contribution in [0.25, 0.3) is 16.9 Å². The van der Waals surface area contributed by atoms with Crippen LogP contribution in [-0.4, -0.2) is 58.6 Å². The molecule has 2 amide bonds. The normalized spacial score (nSPS) is 13.3. The molecule has 0 atom stereocenters. The average Bonchev–Trinajstić information content (AvgIpc) is 3.27. The third-order valence-electron chi connectivity index (χ3n) is 7.03. The lowest BCUT2D eigenvalue weighted by Crippen LogP contribution is -2.47. The molecule has 2 heterocycles. The molecule has 0 unspecified atom stereocenters. The molecule has 1 aliphatic heterocycles. The zero-order chi connectivity index (χ0) is 27.2. The lowest BCUT2D eigenvalue weighted by Gasteiger charge is -2.28. The van der Waals surface area contributed by atoms with Crippen molar-refractivity contribution < 1.29 is 9.59 Å². The van der Waals surface area contributed by atoms with Crippen molar-refractivity contribution in [2.45, 2.75) is 19.9 Å². The third kappa shape index (κ3) is 5.56. The second-order valence-corrected chi connectivity index (χ2v) is 9.64. The van der Waals surface area contributed by atoms with Crippen LogP contribution in [-0.2, 0) is 6.54 Å². The van der Waals surface area contributed by atoms with Crippen LogP contribution in [0.4, 0.5) is 0 Å². The van der Waals surface area contributed by atoms with Crippen molar-refractivity contribution in [2.75, 3.05) is 32.7 Å². The quantitative estimate of drug-likeness (QED) is 0.346. The molecule has 1 aliphatic rings. The van der Waals surface area contributed by atoms with E-state index in [1.807, 2.05) is 84.6 Å². The highest BCUT2D eigenvalue weighted by Gasteiger charge is 2.31. The van der Waals surface area contributed by atoms with Gasteiger partial charge in [-0.05, 0) is 37.1 Å². The van der Waals surface area contributed by atoms with E-state index in [0.29, 0.717) is 62.6 Å². The van der Waals surface area contributed by atoms with Crippen molar-refractivity contribution in [3.05, 3.63) is 112 Å². The van der Waals surface area contributed by atoms with Gasteiger partial charge in [0, 0.05) is 50.4 Å². The monoisotopic (exact) mass is 523 g/mol. The molecule has 1 fully saturated rings. The topological polar surface area (TPSA) is 88.4 Å². The molecule has 0 saturated carbocycles. The predicted molar refractivity (Wildman–Crippen MR) is 152 cm³/mol. The second-order valence-electron chi connectivity index (χ2n) is 9.64. The van der Waals surface area contributed by atoms with E-state index in [9.17, 15) is 14.4 Å². The summed E-state index contributed by atoms with van der Waals surface area (Å²) in [6, 6.07) is 26.4. The Hall–Kier alpha value is -4.43. The van der Waals surface area contributed by atoms with Crippen LogP contribution in [0.1, 0.15) is 32.8 Å². The fourth-order valence-electron chi connectivity index (χ4n) is 5.02. The van der Waals surface area contributed by atoms with Crippen molar-refractivity contribution in [1.29, 1.82) is 0 Å². The van der Waals surface area contributed by atoms with Gasteiger partial charge in [-0.2, -0.15) is 0 Å². The number of aryl methyl sites for hydroxylation is 1. The van der Waals surface area contributed by atoms with Crippen molar-refractivity contribution in [1.82, 2.24) is 24.7 Å². The molecule has 200 valence electrons. The van der Waals surface area contributed by atoms with E-state index in [1.54, 1.807) is 21.3 Å². The van der Waals surface area contributed by atoms with Gasteiger partial charge >= 0.3 is 5.69 Å². The fraction of sp³-hybridized carbons (Fsp3) is 0.258. The number of rotatable bonds is 8. The van der Waals surface area contributed by atoms with Crippen LogP contribution in [0.5, 0.6) is 0 Å². The minimum absolute atomic E-state index is 0.159. The van der Waals surface area contributed by atoms with Gasteiger partial charge in [0.2, 0.25) is 0 Å². The lowest BCUT2D eigenvalue weighted by atomic mass is 10.1. The Morgan fingerprint density at radius 3 is 2.21 bits per heavy atom. The predicted octanol–water partition coefficient (Wildman–Crippen LogP) is 3.48. The standard InChI is InChI=1S/C31H33N5O3/c1-23-11-8-9-16-26(23)36-27(24-12-4-2-5-13-24)28(30(38)34-21-18-32-19-22-34)35(31(36)39)20-10-17-33-29(37)25-14-6-3-7-15-25/h2-9,11-16,32H,10,17-22H2,1H3,(H,33,37). The molecule has 2 N–H and O–H groups in total. The Bertz CT molecular complexity index is 1500. The molecule has 0 bridgehead atoms. The maximum Gasteiger partial charge on any atom is 0.333 e. The first kappa shape index (κ1) is 26.2. The number of para-hydroxylation sites is 1. The van der Waals surface area contributed by atoms with Gasteiger partial charge in [-0.3, -0.25) is 18.7 Å². The summed E-state index contributed by atoms with van der Waals surface area (Å²) in [5.41, 5.74) is 3.76. The highest BCUT2D eigenvalue weighted by molar-refractivity contribution is 5.99. The number of amides is 2. The van der Waals surface area contributed by atoms with Crippen molar-refractivity contribution in [3.63, 3.8) is 0 Å². The largest absolute Gasteiger partial charge is 0.352 e. The molecule has 8 nitrogen and oxygen atoms in total. The first-order valence-electron chi connectivity index (χ1n) is 13.4. The zero-order valence-corrected chi connectivity index (χ0v) is 22.1. The molecule has 0 spiro atoms. The number of nitrogens with zero attached hydrogens (tertiary/aromatic N) is 3. The number of hydrogen-bond donors (Lipinski definition) is 2. The Morgan fingerprint density at radius 2 is 1.51 bits per heavy atom. The third-order valence-corrected chi connectivity index (χ3v) is 7.03. The summed E-state index contributed by atoms with van der Waals surface area (Å²) in [5.74, 6) is -0.323. The number of hydrogen-bond acceptors (Lipinski definition) is 4. The Morgan fingerprint density at radius 1 is 0.872 bits per heavy atom. The molecule has 0 aliphatic carbocycles. The second kappa shape index (κ2) is 12.0. The molecule has 1 aromatic heterocycles. The van der Waals surface area contributed by atoms with Crippen molar-refractivity contribution >= 4 is 11.8 Å². The van der Waals surface area contributed by atoms with Gasteiger partial charge in [0.15, 0.2) is 0 Å². The summed E-state index contributed by atoms with van der Waals surface area (Å²) < 4.78 is 3.26. The fourth-order valence-corrected chi connectivity index (χ4v) is 5.02. The maximum atomic E-state index is 14.1. The summed E-state index contributed by atoms with van der Waals surface area (Å²) in [6.07, 6.45) is 0.492. The molecule has 0 radical (unpaired) electrons. The van der Waals surface area contributed by atoms with Crippen LogP contribution < -0.4 is 16.3 Å². The highest BCUT2D eigenvalue weighted by atomic mass is 16.2. The van der Waals surface area contributed by atoms with Gasteiger partial charge in [-0.25, -0.2) is 4.79 Å². The van der Waals surface area contributed by atoms with Crippen molar-refractivity contribution in [3.8, 4) is 16.9 Å². The maximum absolute atomic E-state index is 14.1. The van der Waals surface area contributed by atoms with Crippen LogP contribution in [0, 0.1) is 6.92 Å².